The molecule has 0 aromatic heterocycles. The highest BCUT2D eigenvalue weighted by molar-refractivity contribution is 6.31. The summed E-state index contributed by atoms with van der Waals surface area (Å²) in [6, 6.07) is 5.40. The van der Waals surface area contributed by atoms with Gasteiger partial charge >= 0.3 is 6.03 Å². The third-order valence-electron chi connectivity index (χ3n) is 2.56. The third-order valence-corrected chi connectivity index (χ3v) is 2.97. The van der Waals surface area contributed by atoms with E-state index in [1.54, 1.807) is 4.90 Å². The zero-order valence-electron chi connectivity index (χ0n) is 9.88. The highest BCUT2D eigenvalue weighted by Crippen LogP contribution is 2.23. The van der Waals surface area contributed by atoms with E-state index in [9.17, 15) is 4.79 Å². The van der Waals surface area contributed by atoms with E-state index in [1.807, 2.05) is 39.0 Å². The molecule has 0 spiro atoms. The minimum Gasteiger partial charge on any atom is -0.325 e. The number of nitrogens with zero attached hydrogens (tertiary/aromatic N) is 1. The molecule has 2 amide bonds. The molecule has 3 nitrogen and oxygen atoms in total. The summed E-state index contributed by atoms with van der Waals surface area (Å²) >= 11 is 5.98. The summed E-state index contributed by atoms with van der Waals surface area (Å²) in [5, 5.41) is 3.52. The molecule has 0 aliphatic carbocycles. The Morgan fingerprint density at radius 3 is 2.56 bits per heavy atom. The number of urea groups is 1. The average molecular weight is 241 g/mol. The van der Waals surface area contributed by atoms with Crippen LogP contribution in [0.2, 0.25) is 5.02 Å². The van der Waals surface area contributed by atoms with E-state index in [-0.39, 0.29) is 6.03 Å². The number of carbonyl (C=O) groups is 1. The molecule has 0 atom stereocenters. The van der Waals surface area contributed by atoms with Crippen molar-refractivity contribution >= 4 is 23.3 Å². The lowest BCUT2D eigenvalue weighted by molar-refractivity contribution is 0.217. The van der Waals surface area contributed by atoms with Gasteiger partial charge in [0.25, 0.3) is 0 Å². The first-order valence-electron chi connectivity index (χ1n) is 5.41. The predicted molar refractivity (Wildman–Crippen MR) is 68.1 cm³/mol. The number of halogens is 1. The van der Waals surface area contributed by atoms with Crippen LogP contribution in [0.1, 0.15) is 19.4 Å². The highest BCUT2D eigenvalue weighted by Gasteiger charge is 2.11. The van der Waals surface area contributed by atoms with Crippen LogP contribution in [0, 0.1) is 6.92 Å². The number of amides is 2. The number of carbonyl (C=O) groups excluding carboxylic acids is 1. The maximum absolute atomic E-state index is 11.8. The Balaban J connectivity index is 2.80. The minimum absolute atomic E-state index is 0.0876. The van der Waals surface area contributed by atoms with Crippen molar-refractivity contribution in [2.24, 2.45) is 0 Å². The molecule has 1 N–H and O–H groups in total. The van der Waals surface area contributed by atoms with Crippen LogP contribution < -0.4 is 5.32 Å². The van der Waals surface area contributed by atoms with Crippen LogP contribution in [0.5, 0.6) is 0 Å². The summed E-state index contributed by atoms with van der Waals surface area (Å²) in [6.07, 6.45) is 0. The molecule has 1 aromatic rings. The molecular formula is C12H17ClN2O. The molecule has 1 aromatic carbocycles. The van der Waals surface area contributed by atoms with E-state index >= 15 is 0 Å². The number of hydrogen-bond acceptors (Lipinski definition) is 1. The van der Waals surface area contributed by atoms with E-state index in [2.05, 4.69) is 5.32 Å². The van der Waals surface area contributed by atoms with Gasteiger partial charge in [0.2, 0.25) is 0 Å². The van der Waals surface area contributed by atoms with Gasteiger partial charge < -0.3 is 10.2 Å². The van der Waals surface area contributed by atoms with Crippen LogP contribution in [-0.4, -0.2) is 24.0 Å². The van der Waals surface area contributed by atoms with Crippen LogP contribution in [0.15, 0.2) is 18.2 Å². The number of anilines is 1. The second kappa shape index (κ2) is 5.75. The van der Waals surface area contributed by atoms with Gasteiger partial charge in [-0.1, -0.05) is 17.7 Å². The first-order valence-corrected chi connectivity index (χ1v) is 5.79. The van der Waals surface area contributed by atoms with Gasteiger partial charge in [-0.25, -0.2) is 4.79 Å². The van der Waals surface area contributed by atoms with Crippen LogP contribution in [0.3, 0.4) is 0 Å². The maximum atomic E-state index is 11.8. The second-order valence-corrected chi connectivity index (χ2v) is 3.92. The van der Waals surface area contributed by atoms with Crippen molar-refractivity contribution in [3.63, 3.8) is 0 Å². The van der Waals surface area contributed by atoms with E-state index in [0.29, 0.717) is 18.1 Å². The van der Waals surface area contributed by atoms with Gasteiger partial charge in [0.05, 0.1) is 0 Å². The van der Waals surface area contributed by atoms with Crippen LogP contribution >= 0.6 is 11.6 Å². The van der Waals surface area contributed by atoms with Gasteiger partial charge in [0.1, 0.15) is 0 Å². The molecule has 1 rings (SSSR count). The van der Waals surface area contributed by atoms with Gasteiger partial charge in [-0.05, 0) is 38.5 Å². The molecule has 0 fully saturated rings. The molecule has 0 saturated heterocycles. The Bertz CT molecular complexity index is 375. The molecule has 0 aliphatic rings. The fraction of sp³-hybridized carbons (Fsp3) is 0.417. The predicted octanol–water partition coefficient (Wildman–Crippen LogP) is 3.52. The molecule has 88 valence electrons. The lowest BCUT2D eigenvalue weighted by Gasteiger charge is -2.20. The minimum atomic E-state index is -0.0876. The molecule has 0 saturated carbocycles. The molecular weight excluding hydrogens is 224 g/mol. The first kappa shape index (κ1) is 12.8. The monoisotopic (exact) mass is 240 g/mol. The second-order valence-electron chi connectivity index (χ2n) is 3.51. The van der Waals surface area contributed by atoms with Crippen LogP contribution in [-0.2, 0) is 0 Å². The molecule has 0 heterocycles. The van der Waals surface area contributed by atoms with Crippen LogP contribution in [0.25, 0.3) is 0 Å². The Labute approximate surface area is 101 Å². The smallest absolute Gasteiger partial charge is 0.321 e. The molecule has 0 aliphatic heterocycles. The van der Waals surface area contributed by atoms with E-state index in [0.717, 1.165) is 11.3 Å². The maximum Gasteiger partial charge on any atom is 0.321 e. The quantitative estimate of drug-likeness (QED) is 0.862. The van der Waals surface area contributed by atoms with Crippen molar-refractivity contribution in [1.29, 1.82) is 0 Å². The topological polar surface area (TPSA) is 32.3 Å². The van der Waals surface area contributed by atoms with E-state index in [1.165, 1.54) is 0 Å². The SMILES string of the molecule is CCN(CC)C(=O)Nc1cccc(Cl)c1C. The first-order chi connectivity index (χ1) is 7.60. The van der Waals surface area contributed by atoms with E-state index < -0.39 is 0 Å². The Hall–Kier alpha value is -1.22. The molecule has 0 radical (unpaired) electrons. The highest BCUT2D eigenvalue weighted by atomic mass is 35.5. The molecule has 0 unspecified atom stereocenters. The lowest BCUT2D eigenvalue weighted by Crippen LogP contribution is -2.34. The third kappa shape index (κ3) is 2.89. The van der Waals surface area contributed by atoms with Crippen molar-refractivity contribution in [2.75, 3.05) is 18.4 Å². The van der Waals surface area contributed by atoms with Crippen molar-refractivity contribution in [3.8, 4) is 0 Å². The summed E-state index contributed by atoms with van der Waals surface area (Å²) in [6.45, 7) is 7.19. The van der Waals surface area contributed by atoms with Gasteiger partial charge in [0.15, 0.2) is 0 Å². The summed E-state index contributed by atoms with van der Waals surface area (Å²) in [4.78, 5) is 13.5. The summed E-state index contributed by atoms with van der Waals surface area (Å²) in [5.74, 6) is 0. The number of nitrogens with one attached hydrogen (secondary N) is 1. The van der Waals surface area contributed by atoms with Crippen molar-refractivity contribution in [1.82, 2.24) is 4.90 Å². The fourth-order valence-electron chi connectivity index (χ4n) is 1.45. The molecule has 4 heteroatoms. The lowest BCUT2D eigenvalue weighted by atomic mass is 10.2. The van der Waals surface area contributed by atoms with Crippen molar-refractivity contribution < 1.29 is 4.79 Å². The zero-order chi connectivity index (χ0) is 12.1. The Morgan fingerprint density at radius 1 is 1.38 bits per heavy atom. The van der Waals surface area contributed by atoms with Gasteiger partial charge in [0, 0.05) is 23.8 Å². The average Bonchev–Trinajstić information content (AvgIpc) is 2.26. The molecule has 0 bridgehead atoms. The fourth-order valence-corrected chi connectivity index (χ4v) is 1.62. The summed E-state index contributed by atoms with van der Waals surface area (Å²) < 4.78 is 0. The normalized spacial score (nSPS) is 10.0. The van der Waals surface area contributed by atoms with E-state index in [4.69, 9.17) is 11.6 Å². The van der Waals surface area contributed by atoms with Gasteiger partial charge in [-0.2, -0.15) is 0 Å². The Morgan fingerprint density at radius 2 is 2.00 bits per heavy atom. The zero-order valence-corrected chi connectivity index (χ0v) is 10.6. The number of benzene rings is 1. The van der Waals surface area contributed by atoms with Crippen LogP contribution in [0.4, 0.5) is 10.5 Å². The standard InChI is InChI=1S/C12H17ClN2O/c1-4-15(5-2)12(16)14-11-8-6-7-10(13)9(11)3/h6-8H,4-5H2,1-3H3,(H,14,16). The van der Waals surface area contributed by atoms with Crippen molar-refractivity contribution in [2.45, 2.75) is 20.8 Å². The van der Waals surface area contributed by atoms with Gasteiger partial charge in [-0.15, -0.1) is 0 Å². The summed E-state index contributed by atoms with van der Waals surface area (Å²) in [5.41, 5.74) is 1.66. The number of rotatable bonds is 3. The summed E-state index contributed by atoms with van der Waals surface area (Å²) in [7, 11) is 0. The van der Waals surface area contributed by atoms with Crippen molar-refractivity contribution in [3.05, 3.63) is 28.8 Å². The van der Waals surface area contributed by atoms with Gasteiger partial charge in [-0.3, -0.25) is 0 Å². The number of hydrogen-bond donors (Lipinski definition) is 1. The Kier molecular flexibility index (Phi) is 4.62. The largest absolute Gasteiger partial charge is 0.325 e. The molecule has 16 heavy (non-hydrogen) atoms.